The summed E-state index contributed by atoms with van der Waals surface area (Å²) in [5.41, 5.74) is 4.80. The second-order valence-electron chi connectivity index (χ2n) is 6.45. The van der Waals surface area contributed by atoms with Gasteiger partial charge in [0.15, 0.2) is 6.29 Å². The lowest BCUT2D eigenvalue weighted by molar-refractivity contribution is -0.188. The molecule has 2 atom stereocenters. The maximum absolute atomic E-state index is 12.8. The van der Waals surface area contributed by atoms with Gasteiger partial charge in [-0.3, -0.25) is 0 Å². The number of hydroxylamine groups is 1. The molecule has 2 amide bonds. The molecule has 2 aliphatic rings. The van der Waals surface area contributed by atoms with E-state index in [1.807, 2.05) is 29.2 Å². The fourth-order valence-electron chi connectivity index (χ4n) is 3.57. The van der Waals surface area contributed by atoms with Gasteiger partial charge in [-0.25, -0.2) is 15.1 Å². The van der Waals surface area contributed by atoms with Crippen LogP contribution in [0.25, 0.3) is 0 Å². The number of hydrogen-bond acceptors (Lipinski definition) is 3. The van der Waals surface area contributed by atoms with E-state index in [0.29, 0.717) is 13.2 Å². The fourth-order valence-corrected chi connectivity index (χ4v) is 3.57. The first-order valence-corrected chi connectivity index (χ1v) is 8.87. The Morgan fingerprint density at radius 3 is 2.80 bits per heavy atom. The van der Waals surface area contributed by atoms with Gasteiger partial charge in [0.25, 0.3) is 0 Å². The number of carbonyl (C=O) groups excluding carboxylic acids is 1. The first-order chi connectivity index (χ1) is 12.3. The van der Waals surface area contributed by atoms with Gasteiger partial charge in [0, 0.05) is 38.0 Å². The highest BCUT2D eigenvalue weighted by molar-refractivity contribution is 5.74. The van der Waals surface area contributed by atoms with Crippen LogP contribution in [-0.4, -0.2) is 34.9 Å². The van der Waals surface area contributed by atoms with E-state index in [4.69, 9.17) is 9.57 Å². The summed E-state index contributed by atoms with van der Waals surface area (Å²) >= 11 is 0. The number of hydrogen-bond donors (Lipinski definition) is 1. The van der Waals surface area contributed by atoms with Crippen molar-refractivity contribution in [1.29, 1.82) is 0 Å². The molecule has 2 aromatic rings. The van der Waals surface area contributed by atoms with Gasteiger partial charge in [0.2, 0.25) is 0 Å². The number of nitrogens with one attached hydrogen (secondary N) is 1. The van der Waals surface area contributed by atoms with Crippen molar-refractivity contribution in [2.45, 2.75) is 38.1 Å². The zero-order valence-electron chi connectivity index (χ0n) is 14.1. The van der Waals surface area contributed by atoms with Gasteiger partial charge in [-0.2, -0.15) is 0 Å². The molecule has 2 aliphatic heterocycles. The highest BCUT2D eigenvalue weighted by Gasteiger charge is 2.32. The quantitative estimate of drug-likeness (QED) is 0.873. The summed E-state index contributed by atoms with van der Waals surface area (Å²) in [7, 11) is 0. The van der Waals surface area contributed by atoms with E-state index < -0.39 is 0 Å². The predicted octanol–water partition coefficient (Wildman–Crippen LogP) is 3.06. The summed E-state index contributed by atoms with van der Waals surface area (Å²) in [5, 5.41) is 0. The Labute approximate surface area is 147 Å². The predicted molar refractivity (Wildman–Crippen MR) is 92.6 cm³/mol. The zero-order chi connectivity index (χ0) is 17.1. The smallest absolute Gasteiger partial charge is 0.342 e. The molecule has 0 aliphatic carbocycles. The van der Waals surface area contributed by atoms with Crippen molar-refractivity contribution in [3.63, 3.8) is 0 Å². The van der Waals surface area contributed by atoms with Crippen LogP contribution in [0.4, 0.5) is 4.79 Å². The van der Waals surface area contributed by atoms with Crippen LogP contribution in [0, 0.1) is 0 Å². The maximum atomic E-state index is 12.8. The molecule has 1 fully saturated rings. The van der Waals surface area contributed by atoms with Crippen LogP contribution in [0.5, 0.6) is 0 Å². The van der Waals surface area contributed by atoms with Crippen molar-refractivity contribution in [3.05, 3.63) is 59.9 Å². The van der Waals surface area contributed by atoms with E-state index in [0.717, 1.165) is 37.1 Å². The van der Waals surface area contributed by atoms with Gasteiger partial charge in [0.05, 0.1) is 6.04 Å². The third kappa shape index (κ3) is 3.41. The lowest BCUT2D eigenvalue weighted by Gasteiger charge is -2.37. The van der Waals surface area contributed by atoms with E-state index in [-0.39, 0.29) is 18.4 Å². The summed E-state index contributed by atoms with van der Waals surface area (Å²) in [6, 6.07) is 13.8. The third-order valence-corrected chi connectivity index (χ3v) is 4.83. The largest absolute Gasteiger partial charge is 0.350 e. The lowest BCUT2D eigenvalue weighted by Crippen LogP contribution is -2.48. The van der Waals surface area contributed by atoms with Crippen molar-refractivity contribution in [2.24, 2.45) is 0 Å². The summed E-state index contributed by atoms with van der Waals surface area (Å²) in [6.45, 7) is 2.09. The molecule has 0 bridgehead atoms. The van der Waals surface area contributed by atoms with E-state index in [2.05, 4.69) is 34.4 Å². The highest BCUT2D eigenvalue weighted by Crippen LogP contribution is 2.32. The molecule has 0 saturated carbocycles. The molecule has 1 aromatic heterocycles. The van der Waals surface area contributed by atoms with Crippen LogP contribution >= 0.6 is 0 Å². The first-order valence-electron chi connectivity index (χ1n) is 8.87. The number of amides is 2. The van der Waals surface area contributed by atoms with Crippen molar-refractivity contribution in [1.82, 2.24) is 14.9 Å². The zero-order valence-corrected chi connectivity index (χ0v) is 14.1. The number of urea groups is 1. The summed E-state index contributed by atoms with van der Waals surface area (Å²) < 4.78 is 7.71. The molecule has 0 unspecified atom stereocenters. The number of carbonyl (C=O) groups is 1. The monoisotopic (exact) mass is 341 g/mol. The average molecular weight is 341 g/mol. The molecule has 4 rings (SSSR count). The van der Waals surface area contributed by atoms with Crippen LogP contribution in [0.2, 0.25) is 0 Å². The van der Waals surface area contributed by atoms with Crippen LogP contribution in [-0.2, 0) is 16.1 Å². The number of nitrogens with zero attached hydrogens (tertiary/aromatic N) is 2. The fraction of sp³-hybridized carbons (Fsp3) is 0.421. The second-order valence-corrected chi connectivity index (χ2v) is 6.45. The maximum Gasteiger partial charge on any atom is 0.342 e. The number of fused-ring (bicyclic) bond motifs is 1. The molecule has 1 N–H and O–H groups in total. The molecule has 3 heterocycles. The molecule has 132 valence electrons. The van der Waals surface area contributed by atoms with E-state index in [1.165, 1.54) is 0 Å². The first kappa shape index (κ1) is 16.2. The topological polar surface area (TPSA) is 55.7 Å². The van der Waals surface area contributed by atoms with Crippen LogP contribution in [0.15, 0.2) is 48.7 Å². The minimum absolute atomic E-state index is 0.124. The standard InChI is InChI=1S/C19H23N3O3/c23-19(20-25-17-10-4-5-14-24-17)22-13-12-21-11-6-9-16(21)18(22)15-7-2-1-3-8-15/h1-3,6-9,11,17-18H,4-5,10,12-14H2,(H,20,23)/t17-,18+/m1/s1. The van der Waals surface area contributed by atoms with E-state index in [1.54, 1.807) is 0 Å². The Hall–Kier alpha value is -2.31. The van der Waals surface area contributed by atoms with Gasteiger partial charge < -0.3 is 14.2 Å². The lowest BCUT2D eigenvalue weighted by atomic mass is 10.0. The minimum atomic E-state index is -0.346. The average Bonchev–Trinajstić information content (AvgIpc) is 3.15. The normalized spacial score (nSPS) is 23.1. The Morgan fingerprint density at radius 2 is 2.00 bits per heavy atom. The SMILES string of the molecule is O=C(NO[C@@H]1CCCCO1)N1CCn2cccc2[C@@H]1c1ccccc1. The molecule has 1 aromatic carbocycles. The highest BCUT2D eigenvalue weighted by atomic mass is 16.8. The molecule has 0 radical (unpaired) electrons. The Kier molecular flexibility index (Phi) is 4.72. The molecule has 6 heteroatoms. The van der Waals surface area contributed by atoms with Crippen molar-refractivity contribution in [3.8, 4) is 0 Å². The minimum Gasteiger partial charge on any atom is -0.350 e. The Balaban J connectivity index is 1.52. The number of aromatic nitrogens is 1. The van der Waals surface area contributed by atoms with Gasteiger partial charge in [-0.05, 0) is 30.5 Å². The van der Waals surface area contributed by atoms with Gasteiger partial charge in [0.1, 0.15) is 0 Å². The van der Waals surface area contributed by atoms with Gasteiger partial charge in [-0.1, -0.05) is 30.3 Å². The van der Waals surface area contributed by atoms with Crippen molar-refractivity contribution < 1.29 is 14.4 Å². The van der Waals surface area contributed by atoms with Crippen molar-refractivity contribution in [2.75, 3.05) is 13.2 Å². The number of ether oxygens (including phenoxy) is 1. The van der Waals surface area contributed by atoms with Gasteiger partial charge >= 0.3 is 6.03 Å². The molecular formula is C19H23N3O3. The Morgan fingerprint density at radius 1 is 1.12 bits per heavy atom. The Bertz CT molecular complexity index is 710. The second kappa shape index (κ2) is 7.29. The van der Waals surface area contributed by atoms with Crippen LogP contribution in [0.1, 0.15) is 36.6 Å². The summed E-state index contributed by atoms with van der Waals surface area (Å²) in [5.74, 6) is 0. The van der Waals surface area contributed by atoms with Crippen LogP contribution < -0.4 is 5.48 Å². The number of rotatable bonds is 3. The van der Waals surface area contributed by atoms with Crippen molar-refractivity contribution >= 4 is 6.03 Å². The van der Waals surface area contributed by atoms with E-state index >= 15 is 0 Å². The number of benzene rings is 1. The van der Waals surface area contributed by atoms with Gasteiger partial charge in [-0.15, -0.1) is 0 Å². The molecule has 1 saturated heterocycles. The van der Waals surface area contributed by atoms with Crippen LogP contribution in [0.3, 0.4) is 0 Å². The third-order valence-electron chi connectivity index (χ3n) is 4.83. The molecular weight excluding hydrogens is 318 g/mol. The molecule has 25 heavy (non-hydrogen) atoms. The summed E-state index contributed by atoms with van der Waals surface area (Å²) in [6.07, 6.45) is 4.64. The van der Waals surface area contributed by atoms with E-state index in [9.17, 15) is 4.79 Å². The summed E-state index contributed by atoms with van der Waals surface area (Å²) in [4.78, 5) is 20.1. The molecule has 0 spiro atoms. The molecule has 6 nitrogen and oxygen atoms in total.